The molecule has 0 aliphatic rings. The molecule has 1 rings (SSSR count). The lowest BCUT2D eigenvalue weighted by Crippen LogP contribution is -2.14. The Bertz CT molecular complexity index is 491. The van der Waals surface area contributed by atoms with Gasteiger partial charge < -0.3 is 0 Å². The first-order valence-electron chi connectivity index (χ1n) is 4.20. The second-order valence-corrected chi connectivity index (χ2v) is 4.59. The molecule has 0 heterocycles. The zero-order valence-electron chi connectivity index (χ0n) is 7.88. The third-order valence-electron chi connectivity index (χ3n) is 1.84. The van der Waals surface area contributed by atoms with Crippen molar-refractivity contribution < 1.29 is 8.42 Å². The minimum absolute atomic E-state index is 0.143. The second kappa shape index (κ2) is 5.14. The summed E-state index contributed by atoms with van der Waals surface area (Å²) >= 11 is 4.41. The predicted octanol–water partition coefficient (Wildman–Crippen LogP) is 0.979. The number of sulfonamides is 1. The van der Waals surface area contributed by atoms with Crippen molar-refractivity contribution >= 4 is 27.4 Å². The third-order valence-corrected chi connectivity index (χ3v) is 2.98. The van der Waals surface area contributed by atoms with E-state index in [1.165, 1.54) is 6.07 Å². The Kier molecular flexibility index (Phi) is 4.11. The minimum Gasteiger partial charge on any atom is -0.232 e. The highest BCUT2D eigenvalue weighted by molar-refractivity contribution is 7.89. The van der Waals surface area contributed by atoms with Crippen molar-refractivity contribution in [3.63, 3.8) is 0 Å². The lowest BCUT2D eigenvalue weighted by molar-refractivity contribution is 0.596. The minimum atomic E-state index is -3.66. The van der Waals surface area contributed by atoms with Gasteiger partial charge in [0.05, 0.1) is 16.6 Å². The van der Waals surface area contributed by atoms with E-state index in [9.17, 15) is 8.42 Å². The lowest BCUT2D eigenvalue weighted by Gasteiger charge is -2.04. The number of aliphatic imine (C=N–C) groups is 1. The average Bonchev–Trinajstić information content (AvgIpc) is 2.17. The van der Waals surface area contributed by atoms with Crippen LogP contribution in [0.3, 0.4) is 0 Å². The van der Waals surface area contributed by atoms with Crippen LogP contribution >= 0.6 is 12.2 Å². The van der Waals surface area contributed by atoms with Crippen molar-refractivity contribution in [1.82, 2.24) is 0 Å². The van der Waals surface area contributed by atoms with Gasteiger partial charge in [-0.05, 0) is 30.3 Å². The molecule has 0 bridgehead atoms. The highest BCUT2D eigenvalue weighted by atomic mass is 32.2. The van der Waals surface area contributed by atoms with Crippen molar-refractivity contribution in [2.75, 3.05) is 6.54 Å². The van der Waals surface area contributed by atoms with Crippen LogP contribution in [0.25, 0.3) is 0 Å². The van der Waals surface area contributed by atoms with Gasteiger partial charge in [-0.15, -0.1) is 0 Å². The van der Waals surface area contributed by atoms with Gasteiger partial charge in [-0.25, -0.2) is 18.5 Å². The van der Waals surface area contributed by atoms with Gasteiger partial charge in [0, 0.05) is 0 Å². The molecular formula is C9H10N2O2S2. The summed E-state index contributed by atoms with van der Waals surface area (Å²) in [7, 11) is -3.66. The molecule has 0 unspecified atom stereocenters. The van der Waals surface area contributed by atoms with Gasteiger partial charge >= 0.3 is 0 Å². The summed E-state index contributed by atoms with van der Waals surface area (Å²) in [5, 5.41) is 7.29. The Labute approximate surface area is 93.9 Å². The van der Waals surface area contributed by atoms with E-state index in [2.05, 4.69) is 22.4 Å². The quantitative estimate of drug-likeness (QED) is 0.632. The second-order valence-electron chi connectivity index (χ2n) is 2.88. The number of thiocarbonyl (C=S) groups is 1. The Balaban J connectivity index is 3.02. The topological polar surface area (TPSA) is 72.5 Å². The normalized spacial score (nSPS) is 10.7. The fourth-order valence-electron chi connectivity index (χ4n) is 1.21. The van der Waals surface area contributed by atoms with E-state index in [-0.39, 0.29) is 4.90 Å². The van der Waals surface area contributed by atoms with Crippen LogP contribution in [0, 0.1) is 0 Å². The maximum absolute atomic E-state index is 11.2. The van der Waals surface area contributed by atoms with Crippen molar-refractivity contribution in [2.45, 2.75) is 11.3 Å². The molecule has 15 heavy (non-hydrogen) atoms. The molecule has 0 spiro atoms. The lowest BCUT2D eigenvalue weighted by atomic mass is 10.1. The standard InChI is InChI=1S/C9H10N2O2S2/c10-15(12,13)9-4-2-1-3-8(9)5-6-11-7-14/h1-4H,5-6H2,(H2,10,12,13). The summed E-state index contributed by atoms with van der Waals surface area (Å²) in [6.07, 6.45) is 0.482. The van der Waals surface area contributed by atoms with Crippen molar-refractivity contribution in [1.29, 1.82) is 0 Å². The van der Waals surface area contributed by atoms with Gasteiger partial charge in [0.2, 0.25) is 10.0 Å². The van der Waals surface area contributed by atoms with Crippen molar-refractivity contribution in [3.05, 3.63) is 29.8 Å². The molecule has 6 heteroatoms. The maximum Gasteiger partial charge on any atom is 0.238 e. The molecule has 0 radical (unpaired) electrons. The fourth-order valence-corrected chi connectivity index (χ4v) is 2.11. The van der Waals surface area contributed by atoms with Crippen LogP contribution in [0.5, 0.6) is 0 Å². The molecule has 4 nitrogen and oxygen atoms in total. The number of benzene rings is 1. The maximum atomic E-state index is 11.2. The van der Waals surface area contributed by atoms with Gasteiger partial charge in [0.15, 0.2) is 0 Å². The highest BCUT2D eigenvalue weighted by Gasteiger charge is 2.11. The molecule has 1 aromatic rings. The molecular weight excluding hydrogens is 232 g/mol. The largest absolute Gasteiger partial charge is 0.238 e. The molecule has 0 fully saturated rings. The smallest absolute Gasteiger partial charge is 0.232 e. The summed E-state index contributed by atoms with van der Waals surface area (Å²) in [5.41, 5.74) is 0.647. The molecule has 2 N–H and O–H groups in total. The van der Waals surface area contributed by atoms with Crippen molar-refractivity contribution in [3.8, 4) is 0 Å². The molecule has 0 saturated heterocycles. The van der Waals surface area contributed by atoms with Crippen LogP contribution in [0.15, 0.2) is 34.2 Å². The summed E-state index contributed by atoms with van der Waals surface area (Å²) in [6.45, 7) is 0.413. The molecule has 0 saturated carbocycles. The molecule has 80 valence electrons. The summed E-state index contributed by atoms with van der Waals surface area (Å²) in [6, 6.07) is 6.57. The monoisotopic (exact) mass is 242 g/mol. The van der Waals surface area contributed by atoms with Gasteiger partial charge in [-0.3, -0.25) is 0 Å². The Morgan fingerprint density at radius 1 is 1.40 bits per heavy atom. The zero-order valence-corrected chi connectivity index (χ0v) is 9.51. The van der Waals surface area contributed by atoms with Gasteiger partial charge in [0.1, 0.15) is 0 Å². The van der Waals surface area contributed by atoms with Crippen molar-refractivity contribution in [2.24, 2.45) is 10.1 Å². The van der Waals surface area contributed by atoms with Gasteiger partial charge in [0.25, 0.3) is 0 Å². The number of rotatable bonds is 4. The van der Waals surface area contributed by atoms with Crippen LogP contribution in [0.1, 0.15) is 5.56 Å². The third kappa shape index (κ3) is 3.53. The molecule has 0 aliphatic heterocycles. The fraction of sp³-hybridized carbons (Fsp3) is 0.222. The SMILES string of the molecule is NS(=O)(=O)c1ccccc1CCN=C=S. The summed E-state index contributed by atoms with van der Waals surface area (Å²) in [5.74, 6) is 0. The van der Waals surface area contributed by atoms with Crippen LogP contribution in [0.2, 0.25) is 0 Å². The summed E-state index contributed by atoms with van der Waals surface area (Å²) in [4.78, 5) is 3.86. The number of isothiocyanates is 1. The Morgan fingerprint density at radius 2 is 2.07 bits per heavy atom. The first-order valence-corrected chi connectivity index (χ1v) is 6.15. The number of nitrogens with zero attached hydrogens (tertiary/aromatic N) is 1. The zero-order chi connectivity index (χ0) is 11.3. The molecule has 1 aromatic carbocycles. The Hall–Kier alpha value is -1.07. The molecule has 0 amide bonds. The number of hydrogen-bond donors (Lipinski definition) is 1. The van der Waals surface area contributed by atoms with Gasteiger partial charge in [-0.1, -0.05) is 18.2 Å². The van der Waals surface area contributed by atoms with E-state index in [0.29, 0.717) is 18.5 Å². The molecule has 0 atom stereocenters. The Morgan fingerprint density at radius 3 is 2.67 bits per heavy atom. The first-order chi connectivity index (χ1) is 7.05. The van der Waals surface area contributed by atoms with Crippen LogP contribution < -0.4 is 5.14 Å². The number of nitrogens with two attached hydrogens (primary N) is 1. The van der Waals surface area contributed by atoms with Crippen LogP contribution in [-0.2, 0) is 16.4 Å². The predicted molar refractivity (Wildman–Crippen MR) is 61.4 cm³/mol. The average molecular weight is 242 g/mol. The molecule has 0 aromatic heterocycles. The van der Waals surface area contributed by atoms with E-state index in [1.807, 2.05) is 0 Å². The van der Waals surface area contributed by atoms with E-state index >= 15 is 0 Å². The summed E-state index contributed by atoms with van der Waals surface area (Å²) < 4.78 is 22.4. The number of primary sulfonamides is 1. The van der Waals surface area contributed by atoms with Crippen LogP contribution in [0.4, 0.5) is 0 Å². The highest BCUT2D eigenvalue weighted by Crippen LogP contribution is 2.14. The van der Waals surface area contributed by atoms with Gasteiger partial charge in [-0.2, -0.15) is 0 Å². The van der Waals surface area contributed by atoms with E-state index in [4.69, 9.17) is 5.14 Å². The first kappa shape index (κ1) is 12.0. The van der Waals surface area contributed by atoms with E-state index in [1.54, 1.807) is 18.2 Å². The van der Waals surface area contributed by atoms with E-state index < -0.39 is 10.0 Å². The molecule has 0 aliphatic carbocycles. The van der Waals surface area contributed by atoms with Crippen LogP contribution in [-0.4, -0.2) is 20.1 Å². The van der Waals surface area contributed by atoms with E-state index in [0.717, 1.165) is 0 Å². The number of hydrogen-bond acceptors (Lipinski definition) is 4.